The van der Waals surface area contributed by atoms with Gasteiger partial charge in [-0.3, -0.25) is 0 Å². The van der Waals surface area contributed by atoms with E-state index in [-0.39, 0.29) is 0 Å². The van der Waals surface area contributed by atoms with Gasteiger partial charge < -0.3 is 10.2 Å². The van der Waals surface area contributed by atoms with Crippen LogP contribution in [-0.4, -0.2) is 38.6 Å². The van der Waals surface area contributed by atoms with Crippen molar-refractivity contribution in [2.45, 2.75) is 44.1 Å². The average molecular weight is 260 g/mol. The molecule has 1 aromatic rings. The molecule has 19 heavy (non-hydrogen) atoms. The molecule has 0 saturated heterocycles. The number of likely N-dealkylation sites (N-methyl/N-ethyl adjacent to an activating group) is 1. The zero-order valence-electron chi connectivity index (χ0n) is 12.9. The highest BCUT2D eigenvalue weighted by Gasteiger charge is 2.37. The molecule has 1 aliphatic rings. The van der Waals surface area contributed by atoms with Crippen LogP contribution in [0.25, 0.3) is 0 Å². The summed E-state index contributed by atoms with van der Waals surface area (Å²) in [5, 5.41) is 3.45. The van der Waals surface area contributed by atoms with Crippen molar-refractivity contribution >= 4 is 0 Å². The van der Waals surface area contributed by atoms with Crippen molar-refractivity contribution < 1.29 is 0 Å². The summed E-state index contributed by atoms with van der Waals surface area (Å²) in [5.74, 6) is 0. The first-order valence-electron chi connectivity index (χ1n) is 7.45. The topological polar surface area (TPSA) is 15.3 Å². The number of hydrogen-bond donors (Lipinski definition) is 1. The Labute approximate surface area is 118 Å². The highest BCUT2D eigenvalue weighted by atomic mass is 15.1. The fourth-order valence-corrected chi connectivity index (χ4v) is 3.74. The normalized spacial score (nSPS) is 27.7. The molecule has 1 N–H and O–H groups in total. The second kappa shape index (κ2) is 6.06. The van der Waals surface area contributed by atoms with Gasteiger partial charge in [0.05, 0.1) is 0 Å². The van der Waals surface area contributed by atoms with Crippen LogP contribution in [0.15, 0.2) is 24.3 Å². The Morgan fingerprint density at radius 3 is 2.37 bits per heavy atom. The van der Waals surface area contributed by atoms with Crippen molar-refractivity contribution in [3.8, 4) is 0 Å². The van der Waals surface area contributed by atoms with Gasteiger partial charge in [-0.1, -0.05) is 24.3 Å². The molecule has 2 nitrogen and oxygen atoms in total. The Hall–Kier alpha value is -0.860. The van der Waals surface area contributed by atoms with Crippen LogP contribution < -0.4 is 5.32 Å². The Morgan fingerprint density at radius 1 is 1.21 bits per heavy atom. The lowest BCUT2D eigenvalue weighted by Gasteiger charge is -2.43. The summed E-state index contributed by atoms with van der Waals surface area (Å²) in [7, 11) is 6.49. The Morgan fingerprint density at radius 2 is 1.84 bits per heavy atom. The third kappa shape index (κ3) is 3.18. The third-order valence-corrected chi connectivity index (χ3v) is 4.69. The maximum Gasteiger partial charge on any atom is 0.00838 e. The minimum absolute atomic E-state index is 0.349. The van der Waals surface area contributed by atoms with E-state index in [0.29, 0.717) is 11.5 Å². The van der Waals surface area contributed by atoms with Gasteiger partial charge in [-0.2, -0.15) is 0 Å². The monoisotopic (exact) mass is 260 g/mol. The van der Waals surface area contributed by atoms with Gasteiger partial charge in [-0.05, 0) is 64.9 Å². The van der Waals surface area contributed by atoms with Gasteiger partial charge in [0.15, 0.2) is 0 Å². The number of nitrogens with zero attached hydrogens (tertiary/aromatic N) is 1. The van der Waals surface area contributed by atoms with Gasteiger partial charge in [0, 0.05) is 18.0 Å². The average Bonchev–Trinajstić information content (AvgIpc) is 2.39. The molecule has 2 heteroatoms. The SMILES string of the molecule is CNC1CCC(CN(C)C)(c2ccccc2C)CC1. The molecule has 0 amide bonds. The van der Waals surface area contributed by atoms with Gasteiger partial charge in [-0.25, -0.2) is 0 Å². The predicted octanol–water partition coefficient (Wildman–Crippen LogP) is 2.96. The Bertz CT molecular complexity index is 403. The van der Waals surface area contributed by atoms with E-state index in [4.69, 9.17) is 0 Å². The minimum Gasteiger partial charge on any atom is -0.317 e. The zero-order chi connectivity index (χ0) is 13.9. The van der Waals surface area contributed by atoms with Crippen LogP contribution in [0.3, 0.4) is 0 Å². The lowest BCUT2D eigenvalue weighted by atomic mass is 9.67. The molecule has 1 aliphatic carbocycles. The first-order valence-corrected chi connectivity index (χ1v) is 7.45. The molecule has 0 aliphatic heterocycles. The van der Waals surface area contributed by atoms with Crippen LogP contribution in [0.5, 0.6) is 0 Å². The molecule has 106 valence electrons. The molecule has 0 spiro atoms. The molecule has 0 bridgehead atoms. The van der Waals surface area contributed by atoms with Crippen LogP contribution in [0.1, 0.15) is 36.8 Å². The smallest absolute Gasteiger partial charge is 0.00838 e. The van der Waals surface area contributed by atoms with E-state index in [2.05, 4.69) is 62.5 Å². The molecule has 0 atom stereocenters. The number of aryl methyl sites for hydroxylation is 1. The van der Waals surface area contributed by atoms with Crippen molar-refractivity contribution in [3.05, 3.63) is 35.4 Å². The summed E-state index contributed by atoms with van der Waals surface area (Å²) >= 11 is 0. The van der Waals surface area contributed by atoms with E-state index in [1.165, 1.54) is 31.2 Å². The van der Waals surface area contributed by atoms with Gasteiger partial charge in [0.25, 0.3) is 0 Å². The summed E-state index contributed by atoms with van der Waals surface area (Å²) in [5.41, 5.74) is 3.37. The van der Waals surface area contributed by atoms with Crippen molar-refractivity contribution in [2.24, 2.45) is 0 Å². The molecule has 0 unspecified atom stereocenters. The van der Waals surface area contributed by atoms with Crippen LogP contribution >= 0.6 is 0 Å². The molecular weight excluding hydrogens is 232 g/mol. The zero-order valence-corrected chi connectivity index (χ0v) is 12.9. The van der Waals surface area contributed by atoms with Gasteiger partial charge >= 0.3 is 0 Å². The van der Waals surface area contributed by atoms with Gasteiger partial charge in [0.1, 0.15) is 0 Å². The molecule has 0 heterocycles. The van der Waals surface area contributed by atoms with E-state index in [0.717, 1.165) is 6.54 Å². The summed E-state index contributed by atoms with van der Waals surface area (Å²) in [6.45, 7) is 3.42. The van der Waals surface area contributed by atoms with E-state index >= 15 is 0 Å². The van der Waals surface area contributed by atoms with Crippen LogP contribution in [0.4, 0.5) is 0 Å². The standard InChI is InChI=1S/C17H28N2/c1-14-7-5-6-8-16(14)17(13-19(3)4)11-9-15(18-2)10-12-17/h5-8,15,18H,9-13H2,1-4H3. The van der Waals surface area contributed by atoms with E-state index < -0.39 is 0 Å². The fraction of sp³-hybridized carbons (Fsp3) is 0.647. The van der Waals surface area contributed by atoms with Crippen molar-refractivity contribution in [1.29, 1.82) is 0 Å². The van der Waals surface area contributed by atoms with Gasteiger partial charge in [0.2, 0.25) is 0 Å². The second-order valence-electron chi connectivity index (χ2n) is 6.40. The molecule has 2 rings (SSSR count). The lowest BCUT2D eigenvalue weighted by molar-refractivity contribution is 0.194. The van der Waals surface area contributed by atoms with E-state index in [1.54, 1.807) is 5.56 Å². The highest BCUT2D eigenvalue weighted by molar-refractivity contribution is 5.34. The maximum atomic E-state index is 3.45. The van der Waals surface area contributed by atoms with Crippen molar-refractivity contribution in [2.75, 3.05) is 27.7 Å². The molecule has 0 aromatic heterocycles. The largest absolute Gasteiger partial charge is 0.317 e. The summed E-state index contributed by atoms with van der Waals surface area (Å²) in [4.78, 5) is 2.35. The first kappa shape index (κ1) is 14.5. The van der Waals surface area contributed by atoms with Crippen LogP contribution in [0, 0.1) is 6.92 Å². The maximum absolute atomic E-state index is 3.45. The minimum atomic E-state index is 0.349. The Balaban J connectivity index is 2.29. The molecule has 1 fully saturated rings. The van der Waals surface area contributed by atoms with Crippen molar-refractivity contribution in [3.63, 3.8) is 0 Å². The summed E-state index contributed by atoms with van der Waals surface area (Å²) in [6, 6.07) is 9.67. The van der Waals surface area contributed by atoms with E-state index in [9.17, 15) is 0 Å². The number of benzene rings is 1. The number of nitrogens with one attached hydrogen (secondary N) is 1. The first-order chi connectivity index (χ1) is 9.07. The molecule has 1 aromatic carbocycles. The van der Waals surface area contributed by atoms with Crippen LogP contribution in [-0.2, 0) is 5.41 Å². The molecule has 0 radical (unpaired) electrons. The summed E-state index contributed by atoms with van der Waals surface area (Å²) in [6.07, 6.45) is 5.17. The fourth-order valence-electron chi connectivity index (χ4n) is 3.74. The quantitative estimate of drug-likeness (QED) is 0.895. The number of hydrogen-bond acceptors (Lipinski definition) is 2. The molecular formula is C17H28N2. The third-order valence-electron chi connectivity index (χ3n) is 4.69. The highest BCUT2D eigenvalue weighted by Crippen LogP contribution is 2.41. The van der Waals surface area contributed by atoms with Crippen LogP contribution in [0.2, 0.25) is 0 Å². The van der Waals surface area contributed by atoms with Gasteiger partial charge in [-0.15, -0.1) is 0 Å². The lowest BCUT2D eigenvalue weighted by Crippen LogP contribution is -2.44. The number of rotatable bonds is 4. The van der Waals surface area contributed by atoms with E-state index in [1.807, 2.05) is 0 Å². The Kier molecular flexibility index (Phi) is 4.64. The molecule has 1 saturated carbocycles. The van der Waals surface area contributed by atoms with Crippen molar-refractivity contribution in [1.82, 2.24) is 10.2 Å². The second-order valence-corrected chi connectivity index (χ2v) is 6.40. The predicted molar refractivity (Wildman–Crippen MR) is 82.7 cm³/mol. The summed E-state index contributed by atoms with van der Waals surface area (Å²) < 4.78 is 0.